The first-order chi connectivity index (χ1) is 12.1. The molecule has 3 aromatic rings. The second-order valence-corrected chi connectivity index (χ2v) is 5.68. The van der Waals surface area contributed by atoms with E-state index in [0.717, 1.165) is 0 Å². The molecule has 0 aliphatic rings. The highest BCUT2D eigenvalue weighted by Crippen LogP contribution is 2.18. The lowest BCUT2D eigenvalue weighted by Crippen LogP contribution is -2.12. The molecule has 0 saturated carbocycles. The summed E-state index contributed by atoms with van der Waals surface area (Å²) in [6.45, 7) is 0. The zero-order valence-electron chi connectivity index (χ0n) is 13.1. The van der Waals surface area contributed by atoms with Crippen LogP contribution in [-0.2, 0) is 0 Å². The number of anilines is 1. The maximum Gasteiger partial charge on any atom is 0.343 e. The van der Waals surface area contributed by atoms with Gasteiger partial charge in [-0.3, -0.25) is 4.79 Å². The fourth-order valence-corrected chi connectivity index (χ4v) is 2.28. The maximum atomic E-state index is 12.1. The molecule has 0 aromatic heterocycles. The highest BCUT2D eigenvalue weighted by atomic mass is 35.5. The Balaban J connectivity index is 1.63. The number of halogens is 1. The molecular formula is C20H14ClNO3. The van der Waals surface area contributed by atoms with Gasteiger partial charge in [-0.25, -0.2) is 4.79 Å². The van der Waals surface area contributed by atoms with Gasteiger partial charge in [0.2, 0.25) is 0 Å². The lowest BCUT2D eigenvalue weighted by molar-refractivity contribution is 0.0734. The Morgan fingerprint density at radius 3 is 2.04 bits per heavy atom. The molecule has 3 aromatic carbocycles. The Bertz CT molecular complexity index is 875. The van der Waals surface area contributed by atoms with Gasteiger partial charge in [0, 0.05) is 16.3 Å². The lowest BCUT2D eigenvalue weighted by Gasteiger charge is -2.07. The van der Waals surface area contributed by atoms with Crippen molar-refractivity contribution >= 4 is 29.2 Å². The van der Waals surface area contributed by atoms with E-state index in [-0.39, 0.29) is 5.91 Å². The largest absolute Gasteiger partial charge is 0.423 e. The topological polar surface area (TPSA) is 55.4 Å². The van der Waals surface area contributed by atoms with Gasteiger partial charge in [0.05, 0.1) is 5.56 Å². The van der Waals surface area contributed by atoms with Crippen molar-refractivity contribution < 1.29 is 14.3 Å². The van der Waals surface area contributed by atoms with E-state index in [4.69, 9.17) is 16.3 Å². The van der Waals surface area contributed by atoms with E-state index in [0.29, 0.717) is 27.6 Å². The van der Waals surface area contributed by atoms with Crippen molar-refractivity contribution in [2.24, 2.45) is 0 Å². The van der Waals surface area contributed by atoms with Gasteiger partial charge >= 0.3 is 5.97 Å². The average molecular weight is 352 g/mol. The standard InChI is InChI=1S/C20H14ClNO3/c21-16-8-6-15(7-9-16)20(24)25-18-12-10-17(11-13-18)22-19(23)14-4-2-1-3-5-14/h1-13H,(H,22,23). The second-order valence-electron chi connectivity index (χ2n) is 5.24. The van der Waals surface area contributed by atoms with Crippen molar-refractivity contribution in [3.8, 4) is 5.75 Å². The Morgan fingerprint density at radius 1 is 0.760 bits per heavy atom. The average Bonchev–Trinajstić information content (AvgIpc) is 2.64. The van der Waals surface area contributed by atoms with Crippen molar-refractivity contribution in [3.63, 3.8) is 0 Å². The van der Waals surface area contributed by atoms with Crippen LogP contribution in [0.25, 0.3) is 0 Å². The van der Waals surface area contributed by atoms with Gasteiger partial charge in [-0.05, 0) is 60.7 Å². The highest BCUT2D eigenvalue weighted by molar-refractivity contribution is 6.30. The minimum Gasteiger partial charge on any atom is -0.423 e. The first-order valence-electron chi connectivity index (χ1n) is 7.56. The van der Waals surface area contributed by atoms with Crippen molar-refractivity contribution in [1.29, 1.82) is 0 Å². The summed E-state index contributed by atoms with van der Waals surface area (Å²) in [6.07, 6.45) is 0. The molecule has 25 heavy (non-hydrogen) atoms. The minimum atomic E-state index is -0.474. The molecule has 0 radical (unpaired) electrons. The van der Waals surface area contributed by atoms with Crippen LogP contribution in [0, 0.1) is 0 Å². The predicted molar refractivity (Wildman–Crippen MR) is 97.2 cm³/mol. The number of hydrogen-bond donors (Lipinski definition) is 1. The van der Waals surface area contributed by atoms with Gasteiger partial charge in [-0.15, -0.1) is 0 Å². The van der Waals surface area contributed by atoms with Crippen molar-refractivity contribution in [1.82, 2.24) is 0 Å². The van der Waals surface area contributed by atoms with Gasteiger partial charge in [0.1, 0.15) is 5.75 Å². The summed E-state index contributed by atoms with van der Waals surface area (Å²) >= 11 is 5.79. The van der Waals surface area contributed by atoms with Crippen LogP contribution < -0.4 is 10.1 Å². The third kappa shape index (κ3) is 4.46. The molecule has 0 aliphatic carbocycles. The number of esters is 1. The van der Waals surface area contributed by atoms with E-state index in [1.165, 1.54) is 0 Å². The molecule has 0 aliphatic heterocycles. The molecule has 3 rings (SSSR count). The first kappa shape index (κ1) is 16.7. The van der Waals surface area contributed by atoms with Crippen LogP contribution in [0.15, 0.2) is 78.9 Å². The number of carbonyl (C=O) groups excluding carboxylic acids is 2. The number of amides is 1. The van der Waals surface area contributed by atoms with E-state index < -0.39 is 5.97 Å². The van der Waals surface area contributed by atoms with Crippen LogP contribution >= 0.6 is 11.6 Å². The van der Waals surface area contributed by atoms with Crippen molar-refractivity contribution in [2.45, 2.75) is 0 Å². The molecule has 0 heterocycles. The van der Waals surface area contributed by atoms with Gasteiger partial charge in [-0.2, -0.15) is 0 Å². The summed E-state index contributed by atoms with van der Waals surface area (Å²) in [4.78, 5) is 24.1. The fourth-order valence-electron chi connectivity index (χ4n) is 2.15. The predicted octanol–water partition coefficient (Wildman–Crippen LogP) is 4.81. The van der Waals surface area contributed by atoms with Crippen LogP contribution in [0.2, 0.25) is 5.02 Å². The van der Waals surface area contributed by atoms with E-state index >= 15 is 0 Å². The quantitative estimate of drug-likeness (QED) is 0.542. The lowest BCUT2D eigenvalue weighted by atomic mass is 10.2. The Kier molecular flexibility index (Phi) is 5.11. The summed E-state index contributed by atoms with van der Waals surface area (Å²) in [5.41, 5.74) is 1.59. The maximum absolute atomic E-state index is 12.1. The number of hydrogen-bond acceptors (Lipinski definition) is 3. The van der Waals surface area contributed by atoms with Crippen LogP contribution in [0.5, 0.6) is 5.75 Å². The third-order valence-electron chi connectivity index (χ3n) is 3.44. The molecule has 0 bridgehead atoms. The SMILES string of the molecule is O=C(Nc1ccc(OC(=O)c2ccc(Cl)cc2)cc1)c1ccccc1. The van der Waals surface area contributed by atoms with Crippen LogP contribution in [-0.4, -0.2) is 11.9 Å². The number of rotatable bonds is 4. The number of ether oxygens (including phenoxy) is 1. The molecule has 1 amide bonds. The Labute approximate surface area is 150 Å². The van der Waals surface area contributed by atoms with E-state index in [1.807, 2.05) is 6.07 Å². The van der Waals surface area contributed by atoms with Gasteiger partial charge in [-0.1, -0.05) is 29.8 Å². The zero-order valence-corrected chi connectivity index (χ0v) is 13.9. The molecule has 0 unspecified atom stereocenters. The second kappa shape index (κ2) is 7.64. The first-order valence-corrected chi connectivity index (χ1v) is 7.94. The molecule has 0 spiro atoms. The number of benzene rings is 3. The molecular weight excluding hydrogens is 338 g/mol. The summed E-state index contributed by atoms with van der Waals surface area (Å²) < 4.78 is 5.29. The molecule has 0 saturated heterocycles. The highest BCUT2D eigenvalue weighted by Gasteiger charge is 2.09. The van der Waals surface area contributed by atoms with Crippen LogP contribution in [0.1, 0.15) is 20.7 Å². The van der Waals surface area contributed by atoms with E-state index in [9.17, 15) is 9.59 Å². The number of nitrogens with one attached hydrogen (secondary N) is 1. The molecule has 4 nitrogen and oxygen atoms in total. The fraction of sp³-hybridized carbons (Fsp3) is 0. The van der Waals surface area contributed by atoms with Crippen LogP contribution in [0.3, 0.4) is 0 Å². The molecule has 124 valence electrons. The molecule has 0 fully saturated rings. The summed E-state index contributed by atoms with van der Waals surface area (Å²) in [5.74, 6) is -0.290. The van der Waals surface area contributed by atoms with Gasteiger partial charge in [0.15, 0.2) is 0 Å². The van der Waals surface area contributed by atoms with E-state index in [1.54, 1.807) is 72.8 Å². The molecule has 5 heteroatoms. The normalized spacial score (nSPS) is 10.1. The third-order valence-corrected chi connectivity index (χ3v) is 3.69. The van der Waals surface area contributed by atoms with Crippen molar-refractivity contribution in [3.05, 3.63) is 95.0 Å². The molecule has 0 atom stereocenters. The van der Waals surface area contributed by atoms with Crippen molar-refractivity contribution in [2.75, 3.05) is 5.32 Å². The summed E-state index contributed by atoms with van der Waals surface area (Å²) in [7, 11) is 0. The number of carbonyl (C=O) groups is 2. The summed E-state index contributed by atoms with van der Waals surface area (Å²) in [6, 6.07) is 21.9. The molecule has 1 N–H and O–H groups in total. The Morgan fingerprint density at radius 2 is 1.40 bits per heavy atom. The zero-order chi connectivity index (χ0) is 17.6. The Hall–Kier alpha value is -3.11. The monoisotopic (exact) mass is 351 g/mol. The smallest absolute Gasteiger partial charge is 0.343 e. The van der Waals surface area contributed by atoms with Gasteiger partial charge in [0.25, 0.3) is 5.91 Å². The van der Waals surface area contributed by atoms with Gasteiger partial charge < -0.3 is 10.1 Å². The van der Waals surface area contributed by atoms with E-state index in [2.05, 4.69) is 5.32 Å². The minimum absolute atomic E-state index is 0.202. The van der Waals surface area contributed by atoms with Crippen LogP contribution in [0.4, 0.5) is 5.69 Å². The summed E-state index contributed by atoms with van der Waals surface area (Å²) in [5, 5.41) is 3.33.